The minimum Gasteiger partial charge on any atom is -0.462 e. The largest absolute Gasteiger partial charge is 0.462 e. The highest BCUT2D eigenvalue weighted by molar-refractivity contribution is 5.96. The van der Waals surface area contributed by atoms with E-state index in [9.17, 15) is 9.59 Å². The number of carbonyl (C=O) groups excluding carboxylic acids is 2. The molecule has 0 bridgehead atoms. The van der Waals surface area contributed by atoms with Crippen molar-refractivity contribution in [2.24, 2.45) is 0 Å². The second kappa shape index (κ2) is 7.70. The van der Waals surface area contributed by atoms with Gasteiger partial charge in [0.15, 0.2) is 0 Å². The van der Waals surface area contributed by atoms with Crippen LogP contribution in [0.1, 0.15) is 37.6 Å². The standard InChI is InChI=1S/C23H25N3O3/c1-15(2)29-22(28)14-26-20-10-5-4-9-19(20)24-23(26)17-12-21(27)25(13-17)18-8-6-7-16(3)11-18/h4-11,15,17H,12-14H2,1-3H3/t17-/m0/s1. The van der Waals surface area contributed by atoms with E-state index < -0.39 is 0 Å². The molecule has 0 N–H and O–H groups in total. The molecule has 0 radical (unpaired) electrons. The van der Waals surface area contributed by atoms with Gasteiger partial charge in [0.05, 0.1) is 17.1 Å². The monoisotopic (exact) mass is 391 g/mol. The second-order valence-electron chi connectivity index (χ2n) is 7.83. The number of nitrogens with zero attached hydrogens (tertiary/aromatic N) is 3. The van der Waals surface area contributed by atoms with Gasteiger partial charge in [0.25, 0.3) is 0 Å². The Morgan fingerprint density at radius 2 is 2.00 bits per heavy atom. The van der Waals surface area contributed by atoms with E-state index in [1.54, 1.807) is 0 Å². The van der Waals surface area contributed by atoms with Crippen LogP contribution in [0.4, 0.5) is 5.69 Å². The Bertz CT molecular complexity index is 1070. The van der Waals surface area contributed by atoms with Gasteiger partial charge in [-0.05, 0) is 50.6 Å². The maximum absolute atomic E-state index is 12.8. The number of hydrogen-bond acceptors (Lipinski definition) is 4. The van der Waals surface area contributed by atoms with Gasteiger partial charge in [-0.15, -0.1) is 0 Å². The van der Waals surface area contributed by atoms with E-state index in [1.165, 1.54) is 0 Å². The van der Waals surface area contributed by atoms with Gasteiger partial charge in [-0.25, -0.2) is 4.98 Å². The van der Waals surface area contributed by atoms with E-state index in [4.69, 9.17) is 9.72 Å². The molecule has 2 aromatic carbocycles. The Balaban J connectivity index is 1.67. The summed E-state index contributed by atoms with van der Waals surface area (Å²) in [5.74, 6) is 0.450. The maximum Gasteiger partial charge on any atom is 0.326 e. The average Bonchev–Trinajstić information content (AvgIpc) is 3.22. The molecule has 2 heterocycles. The Kier molecular flexibility index (Phi) is 5.09. The zero-order chi connectivity index (χ0) is 20.5. The van der Waals surface area contributed by atoms with Crippen LogP contribution in [0.2, 0.25) is 0 Å². The van der Waals surface area contributed by atoms with Gasteiger partial charge >= 0.3 is 5.97 Å². The van der Waals surface area contributed by atoms with E-state index in [2.05, 4.69) is 0 Å². The molecule has 1 fully saturated rings. The zero-order valence-electron chi connectivity index (χ0n) is 17.0. The predicted molar refractivity (Wildman–Crippen MR) is 112 cm³/mol. The quantitative estimate of drug-likeness (QED) is 0.620. The number of imidazole rings is 1. The summed E-state index contributed by atoms with van der Waals surface area (Å²) in [5.41, 5.74) is 3.72. The Labute approximate surface area is 170 Å². The number of aromatic nitrogens is 2. The highest BCUT2D eigenvalue weighted by atomic mass is 16.5. The molecule has 0 unspecified atom stereocenters. The predicted octanol–water partition coefficient (Wildman–Crippen LogP) is 3.82. The van der Waals surface area contributed by atoms with Crippen molar-refractivity contribution in [3.8, 4) is 0 Å². The number of benzene rings is 2. The fourth-order valence-electron chi connectivity index (χ4n) is 3.93. The molecule has 0 saturated carbocycles. The fraction of sp³-hybridized carbons (Fsp3) is 0.348. The second-order valence-corrected chi connectivity index (χ2v) is 7.83. The van der Waals surface area contributed by atoms with Crippen LogP contribution in [0.25, 0.3) is 11.0 Å². The lowest BCUT2D eigenvalue weighted by Crippen LogP contribution is -2.25. The zero-order valence-corrected chi connectivity index (χ0v) is 17.0. The Morgan fingerprint density at radius 1 is 1.21 bits per heavy atom. The van der Waals surface area contributed by atoms with Crippen LogP contribution in [0.5, 0.6) is 0 Å². The van der Waals surface area contributed by atoms with Crippen molar-refractivity contribution in [1.82, 2.24) is 9.55 Å². The number of anilines is 1. The number of hydrogen-bond donors (Lipinski definition) is 0. The number of amides is 1. The number of esters is 1. The molecule has 1 atom stereocenters. The average molecular weight is 391 g/mol. The molecule has 150 valence electrons. The van der Waals surface area contributed by atoms with Crippen molar-refractivity contribution in [3.63, 3.8) is 0 Å². The van der Waals surface area contributed by atoms with Crippen LogP contribution in [0, 0.1) is 6.92 Å². The summed E-state index contributed by atoms with van der Waals surface area (Å²) >= 11 is 0. The molecule has 3 aromatic rings. The molecule has 1 aliphatic rings. The van der Waals surface area contributed by atoms with E-state index in [-0.39, 0.29) is 30.4 Å². The maximum atomic E-state index is 12.8. The SMILES string of the molecule is Cc1cccc(N2C[C@@H](c3nc4ccccc4n3CC(=O)OC(C)C)CC2=O)c1. The normalized spacial score (nSPS) is 16.8. The topological polar surface area (TPSA) is 64.4 Å². The van der Waals surface area contributed by atoms with Gasteiger partial charge < -0.3 is 14.2 Å². The van der Waals surface area contributed by atoms with Crippen molar-refractivity contribution >= 4 is 28.6 Å². The third kappa shape index (κ3) is 3.88. The molecule has 6 heteroatoms. The lowest BCUT2D eigenvalue weighted by atomic mass is 10.1. The van der Waals surface area contributed by atoms with Gasteiger partial charge in [-0.3, -0.25) is 9.59 Å². The van der Waals surface area contributed by atoms with Gasteiger partial charge in [-0.1, -0.05) is 24.3 Å². The first kappa shape index (κ1) is 19.2. The summed E-state index contributed by atoms with van der Waals surface area (Å²) in [7, 11) is 0. The van der Waals surface area contributed by atoms with E-state index in [1.807, 2.05) is 78.8 Å². The van der Waals surface area contributed by atoms with Crippen molar-refractivity contribution < 1.29 is 14.3 Å². The Morgan fingerprint density at radius 3 is 2.76 bits per heavy atom. The van der Waals surface area contributed by atoms with E-state index >= 15 is 0 Å². The molecule has 1 aliphatic heterocycles. The molecule has 1 saturated heterocycles. The molecule has 4 rings (SSSR count). The summed E-state index contributed by atoms with van der Waals surface area (Å²) in [4.78, 5) is 31.7. The molecular formula is C23H25N3O3. The summed E-state index contributed by atoms with van der Waals surface area (Å²) in [6.07, 6.45) is 0.196. The highest BCUT2D eigenvalue weighted by Crippen LogP contribution is 2.33. The molecule has 1 amide bonds. The summed E-state index contributed by atoms with van der Waals surface area (Å²) < 4.78 is 7.25. The molecule has 1 aromatic heterocycles. The first-order chi connectivity index (χ1) is 13.9. The third-order valence-electron chi connectivity index (χ3n) is 5.14. The first-order valence-electron chi connectivity index (χ1n) is 9.94. The van der Waals surface area contributed by atoms with Crippen LogP contribution in [0.15, 0.2) is 48.5 Å². The lowest BCUT2D eigenvalue weighted by molar-refractivity contribution is -0.148. The number of aryl methyl sites for hydroxylation is 1. The van der Waals surface area contributed by atoms with Crippen molar-refractivity contribution in [2.45, 2.75) is 45.8 Å². The smallest absolute Gasteiger partial charge is 0.326 e. The summed E-state index contributed by atoms with van der Waals surface area (Å²) in [6.45, 7) is 6.32. The van der Waals surface area contributed by atoms with Crippen LogP contribution < -0.4 is 4.90 Å². The van der Waals surface area contributed by atoms with Gasteiger partial charge in [0, 0.05) is 24.6 Å². The minimum atomic E-state index is -0.302. The van der Waals surface area contributed by atoms with Crippen molar-refractivity contribution in [3.05, 3.63) is 59.9 Å². The molecule has 0 aliphatic carbocycles. The van der Waals surface area contributed by atoms with Crippen LogP contribution in [-0.4, -0.2) is 34.1 Å². The minimum absolute atomic E-state index is 0.0731. The molecular weight excluding hydrogens is 366 g/mol. The van der Waals surface area contributed by atoms with Crippen molar-refractivity contribution in [2.75, 3.05) is 11.4 Å². The number of ether oxygens (including phenoxy) is 1. The van der Waals surface area contributed by atoms with Gasteiger partial charge in [-0.2, -0.15) is 0 Å². The van der Waals surface area contributed by atoms with Crippen molar-refractivity contribution in [1.29, 1.82) is 0 Å². The number of carbonyl (C=O) groups is 2. The van der Waals surface area contributed by atoms with Crippen LogP contribution in [-0.2, 0) is 20.9 Å². The number of para-hydroxylation sites is 2. The molecule has 0 spiro atoms. The van der Waals surface area contributed by atoms with Crippen LogP contribution >= 0.6 is 0 Å². The van der Waals surface area contributed by atoms with E-state index in [0.717, 1.165) is 28.1 Å². The number of rotatable bonds is 5. The molecule has 6 nitrogen and oxygen atoms in total. The fourth-order valence-corrected chi connectivity index (χ4v) is 3.93. The number of fused-ring (bicyclic) bond motifs is 1. The third-order valence-corrected chi connectivity index (χ3v) is 5.14. The highest BCUT2D eigenvalue weighted by Gasteiger charge is 2.35. The molecule has 29 heavy (non-hydrogen) atoms. The van der Waals surface area contributed by atoms with Crippen LogP contribution in [0.3, 0.4) is 0 Å². The van der Waals surface area contributed by atoms with Gasteiger partial charge in [0.1, 0.15) is 12.4 Å². The van der Waals surface area contributed by atoms with Gasteiger partial charge in [0.2, 0.25) is 5.91 Å². The summed E-state index contributed by atoms with van der Waals surface area (Å²) in [6, 6.07) is 15.7. The summed E-state index contributed by atoms with van der Waals surface area (Å²) in [5, 5.41) is 0. The van der Waals surface area contributed by atoms with E-state index in [0.29, 0.717) is 13.0 Å². The first-order valence-corrected chi connectivity index (χ1v) is 9.94. The Hall–Kier alpha value is -3.15. The lowest BCUT2D eigenvalue weighted by Gasteiger charge is -2.18.